The number of nitrogens with zero attached hydrogens (tertiary/aromatic N) is 1. The van der Waals surface area contributed by atoms with Crippen molar-refractivity contribution in [2.45, 2.75) is 6.18 Å². The zero-order valence-corrected chi connectivity index (χ0v) is 15.6. The zero-order valence-electron chi connectivity index (χ0n) is 14.7. The third kappa shape index (κ3) is 5.52. The molecule has 1 aromatic carbocycles. The molecule has 0 fully saturated rings. The molecular formula is C20H14F3N3O2S. The quantitative estimate of drug-likeness (QED) is 0.598. The number of anilines is 1. The van der Waals surface area contributed by atoms with E-state index in [1.54, 1.807) is 35.2 Å². The minimum atomic E-state index is -4.54. The van der Waals surface area contributed by atoms with Crippen molar-refractivity contribution >= 4 is 34.9 Å². The molecule has 2 aromatic heterocycles. The molecule has 0 radical (unpaired) electrons. The molecule has 0 bridgehead atoms. The lowest BCUT2D eigenvalue weighted by Crippen LogP contribution is -2.30. The number of halogens is 3. The zero-order chi connectivity index (χ0) is 20.9. The van der Waals surface area contributed by atoms with Crippen LogP contribution in [-0.4, -0.2) is 16.8 Å². The molecule has 2 amide bonds. The van der Waals surface area contributed by atoms with Gasteiger partial charge >= 0.3 is 6.18 Å². The van der Waals surface area contributed by atoms with Crippen LogP contribution in [0.15, 0.2) is 71.3 Å². The highest BCUT2D eigenvalue weighted by Gasteiger charge is 2.30. The molecule has 0 aliphatic heterocycles. The van der Waals surface area contributed by atoms with E-state index in [-0.39, 0.29) is 11.4 Å². The first kappa shape index (κ1) is 20.3. The summed E-state index contributed by atoms with van der Waals surface area (Å²) in [6, 6.07) is 9.14. The topological polar surface area (TPSA) is 71.1 Å². The van der Waals surface area contributed by atoms with Crippen LogP contribution >= 0.6 is 11.3 Å². The second-order valence-electron chi connectivity index (χ2n) is 5.84. The van der Waals surface area contributed by atoms with Gasteiger partial charge in [-0.15, -0.1) is 0 Å². The van der Waals surface area contributed by atoms with E-state index >= 15 is 0 Å². The molecule has 0 unspecified atom stereocenters. The first-order valence-corrected chi connectivity index (χ1v) is 9.21. The Hall–Kier alpha value is -3.46. The van der Waals surface area contributed by atoms with Gasteiger partial charge in [0.2, 0.25) is 0 Å². The van der Waals surface area contributed by atoms with E-state index in [0.717, 1.165) is 12.1 Å². The average molecular weight is 417 g/mol. The lowest BCUT2D eigenvalue weighted by atomic mass is 10.2. The van der Waals surface area contributed by atoms with Crippen molar-refractivity contribution in [1.29, 1.82) is 0 Å². The summed E-state index contributed by atoms with van der Waals surface area (Å²) in [4.78, 5) is 29.0. The van der Waals surface area contributed by atoms with Crippen molar-refractivity contribution in [2.75, 3.05) is 5.32 Å². The number of rotatable bonds is 5. The fourth-order valence-corrected chi connectivity index (χ4v) is 2.98. The molecule has 0 saturated heterocycles. The van der Waals surface area contributed by atoms with Crippen molar-refractivity contribution in [3.63, 3.8) is 0 Å². The van der Waals surface area contributed by atoms with E-state index in [4.69, 9.17) is 0 Å². The summed E-state index contributed by atoms with van der Waals surface area (Å²) < 4.78 is 38.7. The molecule has 2 heterocycles. The summed E-state index contributed by atoms with van der Waals surface area (Å²) in [5.41, 5.74) is -0.181. The van der Waals surface area contributed by atoms with E-state index in [9.17, 15) is 22.8 Å². The number of benzene rings is 1. The van der Waals surface area contributed by atoms with Gasteiger partial charge in [-0.2, -0.15) is 24.5 Å². The second kappa shape index (κ2) is 8.70. The van der Waals surface area contributed by atoms with Gasteiger partial charge in [0.25, 0.3) is 11.8 Å². The van der Waals surface area contributed by atoms with Gasteiger partial charge in [-0.05, 0) is 47.4 Å². The normalized spacial score (nSPS) is 11.8. The van der Waals surface area contributed by atoms with Crippen LogP contribution in [0.3, 0.4) is 0 Å². The summed E-state index contributed by atoms with van der Waals surface area (Å²) >= 11 is 1.32. The Labute approximate surface area is 167 Å². The van der Waals surface area contributed by atoms with Crippen LogP contribution in [0.25, 0.3) is 6.08 Å². The first-order chi connectivity index (χ1) is 13.8. The Morgan fingerprint density at radius 2 is 1.93 bits per heavy atom. The van der Waals surface area contributed by atoms with Gasteiger partial charge in [-0.25, -0.2) is 0 Å². The fraction of sp³-hybridized carbons (Fsp3) is 0.0500. The smallest absolute Gasteiger partial charge is 0.321 e. The molecule has 0 spiro atoms. The minimum Gasteiger partial charge on any atom is -0.321 e. The van der Waals surface area contributed by atoms with Crippen molar-refractivity contribution < 1.29 is 22.8 Å². The van der Waals surface area contributed by atoms with Gasteiger partial charge in [-0.1, -0.05) is 12.1 Å². The van der Waals surface area contributed by atoms with Crippen molar-refractivity contribution in [2.24, 2.45) is 0 Å². The third-order valence-corrected chi connectivity index (χ3v) is 4.40. The average Bonchev–Trinajstić information content (AvgIpc) is 3.23. The SMILES string of the molecule is O=C(Nc1cccc(C(F)(F)F)c1)/C(=C\c1cccnc1)NC(=O)c1ccsc1. The molecule has 5 nitrogen and oxygen atoms in total. The van der Waals surface area contributed by atoms with Crippen molar-refractivity contribution in [3.8, 4) is 0 Å². The van der Waals surface area contributed by atoms with Crippen molar-refractivity contribution in [3.05, 3.63) is 88.0 Å². The molecule has 0 aliphatic rings. The summed E-state index contributed by atoms with van der Waals surface area (Å²) in [5.74, 6) is -1.28. The fourth-order valence-electron chi connectivity index (χ4n) is 2.35. The largest absolute Gasteiger partial charge is 0.416 e. The number of thiophene rings is 1. The molecule has 3 rings (SSSR count). The maximum Gasteiger partial charge on any atom is 0.416 e. The molecule has 9 heteroatoms. The van der Waals surface area contributed by atoms with Crippen LogP contribution in [0.1, 0.15) is 21.5 Å². The monoisotopic (exact) mass is 417 g/mol. The number of alkyl halides is 3. The number of hydrogen-bond donors (Lipinski definition) is 2. The van der Waals surface area contributed by atoms with Gasteiger partial charge in [0.05, 0.1) is 11.1 Å². The van der Waals surface area contributed by atoms with Crippen LogP contribution in [0, 0.1) is 0 Å². The van der Waals surface area contributed by atoms with Gasteiger partial charge in [0.15, 0.2) is 0 Å². The molecular weight excluding hydrogens is 403 g/mol. The van der Waals surface area contributed by atoms with E-state index in [0.29, 0.717) is 11.1 Å². The number of hydrogen-bond acceptors (Lipinski definition) is 4. The maximum absolute atomic E-state index is 12.9. The lowest BCUT2D eigenvalue weighted by Gasteiger charge is -2.12. The molecule has 0 aliphatic carbocycles. The van der Waals surface area contributed by atoms with Crippen molar-refractivity contribution in [1.82, 2.24) is 10.3 Å². The number of aromatic nitrogens is 1. The maximum atomic E-state index is 12.9. The highest BCUT2D eigenvalue weighted by molar-refractivity contribution is 7.08. The minimum absolute atomic E-state index is 0.0494. The Balaban J connectivity index is 1.86. The highest BCUT2D eigenvalue weighted by Crippen LogP contribution is 2.30. The number of nitrogens with one attached hydrogen (secondary N) is 2. The second-order valence-corrected chi connectivity index (χ2v) is 6.62. The van der Waals surface area contributed by atoms with Crippen LogP contribution in [0.5, 0.6) is 0 Å². The van der Waals surface area contributed by atoms with Crippen LogP contribution in [-0.2, 0) is 11.0 Å². The number of pyridine rings is 1. The summed E-state index contributed by atoms with van der Waals surface area (Å²) in [6.07, 6.45) is -0.125. The molecule has 0 atom stereocenters. The Bertz CT molecular complexity index is 1030. The summed E-state index contributed by atoms with van der Waals surface area (Å²) in [6.45, 7) is 0. The third-order valence-electron chi connectivity index (χ3n) is 3.72. The predicted molar refractivity (Wildman–Crippen MR) is 104 cm³/mol. The van der Waals surface area contributed by atoms with Gasteiger partial charge < -0.3 is 10.6 Å². The van der Waals surface area contributed by atoms with E-state index in [1.165, 1.54) is 35.7 Å². The summed E-state index contributed by atoms with van der Waals surface area (Å²) in [5, 5.41) is 8.21. The Kier molecular flexibility index (Phi) is 6.08. The van der Waals surface area contributed by atoms with E-state index in [2.05, 4.69) is 15.6 Å². The number of amides is 2. The first-order valence-electron chi connectivity index (χ1n) is 8.27. The molecule has 2 N–H and O–H groups in total. The predicted octanol–water partition coefficient (Wildman–Crippen LogP) is 4.57. The van der Waals surface area contributed by atoms with Gasteiger partial charge in [-0.3, -0.25) is 14.6 Å². The molecule has 29 heavy (non-hydrogen) atoms. The Morgan fingerprint density at radius 1 is 1.10 bits per heavy atom. The highest BCUT2D eigenvalue weighted by atomic mass is 32.1. The Morgan fingerprint density at radius 3 is 2.59 bits per heavy atom. The van der Waals surface area contributed by atoms with E-state index in [1.807, 2.05) is 0 Å². The van der Waals surface area contributed by atoms with E-state index < -0.39 is 23.6 Å². The van der Waals surface area contributed by atoms with Gasteiger partial charge in [0, 0.05) is 23.5 Å². The van der Waals surface area contributed by atoms with Crippen LogP contribution in [0.4, 0.5) is 18.9 Å². The summed E-state index contributed by atoms with van der Waals surface area (Å²) in [7, 11) is 0. The molecule has 0 saturated carbocycles. The molecule has 3 aromatic rings. The van der Waals surface area contributed by atoms with Crippen LogP contribution < -0.4 is 10.6 Å². The molecule has 148 valence electrons. The number of carbonyl (C=O) groups is 2. The lowest BCUT2D eigenvalue weighted by molar-refractivity contribution is -0.137. The number of carbonyl (C=O) groups excluding carboxylic acids is 2. The standard InChI is InChI=1S/C20H14F3N3O2S/c21-20(22,23)15-4-1-5-16(10-15)25-19(28)17(9-13-3-2-7-24-11-13)26-18(27)14-6-8-29-12-14/h1-12H,(H,25,28)(H,26,27)/b17-9+. The van der Waals surface area contributed by atoms with Gasteiger partial charge in [0.1, 0.15) is 5.70 Å². The van der Waals surface area contributed by atoms with Crippen LogP contribution in [0.2, 0.25) is 0 Å².